The number of fused-ring (bicyclic) bond motifs is 2. The summed E-state index contributed by atoms with van der Waals surface area (Å²) in [5.41, 5.74) is 2.78. The number of rotatable bonds is 6. The average Bonchev–Trinajstić information content (AvgIpc) is 2.87. The first kappa shape index (κ1) is 21.1. The van der Waals surface area contributed by atoms with E-state index in [-0.39, 0.29) is 17.6 Å². The maximum Gasteiger partial charge on any atom is 0.259 e. The number of hydrogen-bond donors (Lipinski definition) is 1. The molecule has 1 aliphatic rings. The standard InChI is InChI=1S/C25H23FN2O2S/c1-28-21-16-18(14-15-23(21)31-22-12-6-4-10-19(22)25(28)30)27-24(29)13-7-3-9-17-8-2-5-11-20(17)26/h2,4-6,8,10-12,14-16H,3,7,9,13H2,1H3,(H,27,29). The maximum atomic E-state index is 13.7. The third-order valence-electron chi connectivity index (χ3n) is 5.30. The number of unbranched alkanes of at least 4 members (excludes halogenated alkanes) is 1. The van der Waals surface area contributed by atoms with Crippen molar-refractivity contribution in [3.8, 4) is 0 Å². The summed E-state index contributed by atoms with van der Waals surface area (Å²) in [5, 5.41) is 2.92. The number of hydrogen-bond acceptors (Lipinski definition) is 3. The second-order valence-electron chi connectivity index (χ2n) is 7.49. The van der Waals surface area contributed by atoms with Crippen LogP contribution in [0.25, 0.3) is 0 Å². The summed E-state index contributed by atoms with van der Waals surface area (Å²) < 4.78 is 13.7. The van der Waals surface area contributed by atoms with Gasteiger partial charge in [0, 0.05) is 28.9 Å². The first-order valence-corrected chi connectivity index (χ1v) is 11.1. The van der Waals surface area contributed by atoms with E-state index in [1.807, 2.05) is 48.5 Å². The van der Waals surface area contributed by atoms with Crippen LogP contribution in [-0.2, 0) is 11.2 Å². The van der Waals surface area contributed by atoms with Crippen LogP contribution in [-0.4, -0.2) is 18.9 Å². The summed E-state index contributed by atoms with van der Waals surface area (Å²) in [6.07, 6.45) is 2.39. The molecule has 3 aromatic carbocycles. The minimum absolute atomic E-state index is 0.0709. The molecule has 3 aromatic rings. The fraction of sp³-hybridized carbons (Fsp3) is 0.200. The molecule has 31 heavy (non-hydrogen) atoms. The van der Waals surface area contributed by atoms with Crippen LogP contribution < -0.4 is 10.2 Å². The van der Waals surface area contributed by atoms with Crippen LogP contribution in [0.4, 0.5) is 15.8 Å². The molecule has 2 amide bonds. The summed E-state index contributed by atoms with van der Waals surface area (Å²) in [6, 6.07) is 19.9. The fourth-order valence-corrected chi connectivity index (χ4v) is 4.70. The Labute approximate surface area is 185 Å². The quantitative estimate of drug-likeness (QED) is 0.490. The number of carbonyl (C=O) groups excluding carboxylic acids is 2. The van der Waals surface area contributed by atoms with Crippen LogP contribution in [0.5, 0.6) is 0 Å². The van der Waals surface area contributed by atoms with E-state index < -0.39 is 0 Å². The van der Waals surface area contributed by atoms with Gasteiger partial charge in [0.1, 0.15) is 5.82 Å². The van der Waals surface area contributed by atoms with Gasteiger partial charge >= 0.3 is 0 Å². The topological polar surface area (TPSA) is 49.4 Å². The molecular formula is C25H23FN2O2S. The highest BCUT2D eigenvalue weighted by molar-refractivity contribution is 7.99. The molecule has 0 saturated carbocycles. The molecule has 0 atom stereocenters. The molecule has 0 fully saturated rings. The highest BCUT2D eigenvalue weighted by Gasteiger charge is 2.24. The lowest BCUT2D eigenvalue weighted by Crippen LogP contribution is -2.26. The van der Waals surface area contributed by atoms with Gasteiger partial charge in [-0.25, -0.2) is 4.39 Å². The molecule has 0 saturated heterocycles. The third-order valence-corrected chi connectivity index (χ3v) is 6.44. The Morgan fingerprint density at radius 3 is 2.61 bits per heavy atom. The number of anilines is 2. The Hall–Kier alpha value is -3.12. The number of aryl methyl sites for hydroxylation is 1. The lowest BCUT2D eigenvalue weighted by Gasteiger charge is -2.18. The largest absolute Gasteiger partial charge is 0.326 e. The monoisotopic (exact) mass is 434 g/mol. The average molecular weight is 435 g/mol. The van der Waals surface area contributed by atoms with Crippen molar-refractivity contribution in [2.45, 2.75) is 35.5 Å². The number of nitrogens with zero attached hydrogens (tertiary/aromatic N) is 1. The van der Waals surface area contributed by atoms with Crippen LogP contribution in [0.2, 0.25) is 0 Å². The van der Waals surface area contributed by atoms with Gasteiger partial charge in [-0.2, -0.15) is 0 Å². The first-order valence-electron chi connectivity index (χ1n) is 10.2. The van der Waals surface area contributed by atoms with E-state index in [1.165, 1.54) is 6.07 Å². The number of carbonyl (C=O) groups is 2. The van der Waals surface area contributed by atoms with E-state index in [9.17, 15) is 14.0 Å². The van der Waals surface area contributed by atoms with Gasteiger partial charge < -0.3 is 10.2 Å². The van der Waals surface area contributed by atoms with Crippen LogP contribution in [0.3, 0.4) is 0 Å². The van der Waals surface area contributed by atoms with Crippen molar-refractivity contribution in [3.63, 3.8) is 0 Å². The number of benzene rings is 3. The molecular weight excluding hydrogens is 411 g/mol. The summed E-state index contributed by atoms with van der Waals surface area (Å²) in [5.74, 6) is -0.360. The minimum atomic E-state index is -0.199. The summed E-state index contributed by atoms with van der Waals surface area (Å²) >= 11 is 1.55. The Morgan fingerprint density at radius 1 is 1.00 bits per heavy atom. The van der Waals surface area contributed by atoms with Crippen molar-refractivity contribution in [1.29, 1.82) is 0 Å². The SMILES string of the molecule is CN1C(=O)c2ccccc2Sc2ccc(NC(=O)CCCCc3ccccc3F)cc21. The minimum Gasteiger partial charge on any atom is -0.326 e. The molecule has 158 valence electrons. The summed E-state index contributed by atoms with van der Waals surface area (Å²) in [7, 11) is 1.75. The van der Waals surface area contributed by atoms with Crippen molar-refractivity contribution >= 4 is 35.0 Å². The molecule has 0 unspecified atom stereocenters. The number of nitrogens with one attached hydrogen (secondary N) is 1. The van der Waals surface area contributed by atoms with E-state index in [2.05, 4.69) is 5.32 Å². The molecule has 1 N–H and O–H groups in total. The Kier molecular flexibility index (Phi) is 6.37. The van der Waals surface area contributed by atoms with E-state index in [0.29, 0.717) is 36.1 Å². The normalized spacial score (nSPS) is 12.7. The van der Waals surface area contributed by atoms with Gasteiger partial charge in [0.15, 0.2) is 0 Å². The summed E-state index contributed by atoms with van der Waals surface area (Å²) in [4.78, 5) is 28.7. The van der Waals surface area contributed by atoms with E-state index >= 15 is 0 Å². The van der Waals surface area contributed by atoms with Gasteiger partial charge in [-0.15, -0.1) is 0 Å². The second-order valence-corrected chi connectivity index (χ2v) is 8.58. The molecule has 4 rings (SSSR count). The van der Waals surface area contributed by atoms with Gasteiger partial charge in [0.2, 0.25) is 5.91 Å². The smallest absolute Gasteiger partial charge is 0.259 e. The van der Waals surface area contributed by atoms with Gasteiger partial charge in [-0.05, 0) is 61.2 Å². The van der Waals surface area contributed by atoms with Crippen molar-refractivity contribution < 1.29 is 14.0 Å². The molecule has 0 aromatic heterocycles. The van der Waals surface area contributed by atoms with Crippen LogP contribution in [0.15, 0.2) is 76.5 Å². The van der Waals surface area contributed by atoms with Crippen molar-refractivity contribution in [1.82, 2.24) is 0 Å². The zero-order chi connectivity index (χ0) is 21.8. The highest BCUT2D eigenvalue weighted by atomic mass is 32.2. The van der Waals surface area contributed by atoms with Crippen LogP contribution in [0.1, 0.15) is 35.2 Å². The van der Waals surface area contributed by atoms with Crippen molar-refractivity contribution in [2.75, 3.05) is 17.3 Å². The van der Waals surface area contributed by atoms with Gasteiger partial charge in [-0.3, -0.25) is 9.59 Å². The van der Waals surface area contributed by atoms with Gasteiger partial charge in [0.25, 0.3) is 5.91 Å². The fourth-order valence-electron chi connectivity index (χ4n) is 3.61. The highest BCUT2D eigenvalue weighted by Crippen LogP contribution is 2.41. The second kappa shape index (κ2) is 9.35. The Morgan fingerprint density at radius 2 is 1.77 bits per heavy atom. The molecule has 1 aliphatic heterocycles. The zero-order valence-electron chi connectivity index (χ0n) is 17.2. The predicted molar refractivity (Wildman–Crippen MR) is 122 cm³/mol. The van der Waals surface area contributed by atoms with Crippen LogP contribution >= 0.6 is 11.8 Å². The van der Waals surface area contributed by atoms with E-state index in [4.69, 9.17) is 0 Å². The molecule has 0 aliphatic carbocycles. The number of amides is 2. The lowest BCUT2D eigenvalue weighted by atomic mass is 10.1. The molecule has 4 nitrogen and oxygen atoms in total. The third kappa shape index (κ3) is 4.80. The molecule has 0 spiro atoms. The van der Waals surface area contributed by atoms with Gasteiger partial charge in [0.05, 0.1) is 11.3 Å². The Bertz CT molecular complexity index is 1130. The number of halogens is 1. The van der Waals surface area contributed by atoms with Crippen molar-refractivity contribution in [2.24, 2.45) is 0 Å². The lowest BCUT2D eigenvalue weighted by molar-refractivity contribution is -0.116. The zero-order valence-corrected chi connectivity index (χ0v) is 18.0. The molecule has 0 bridgehead atoms. The van der Waals surface area contributed by atoms with Crippen molar-refractivity contribution in [3.05, 3.63) is 83.7 Å². The van der Waals surface area contributed by atoms with E-state index in [1.54, 1.807) is 35.8 Å². The van der Waals surface area contributed by atoms with E-state index in [0.717, 1.165) is 21.9 Å². The van der Waals surface area contributed by atoms with Crippen LogP contribution in [0, 0.1) is 5.82 Å². The summed E-state index contributed by atoms with van der Waals surface area (Å²) in [6.45, 7) is 0. The Balaban J connectivity index is 1.37. The van der Waals surface area contributed by atoms with Gasteiger partial charge in [-0.1, -0.05) is 42.1 Å². The molecule has 1 heterocycles. The first-order chi connectivity index (χ1) is 15.0. The molecule has 0 radical (unpaired) electrons. The molecule has 6 heteroatoms. The predicted octanol–water partition coefficient (Wildman–Crippen LogP) is 5.92. The maximum absolute atomic E-state index is 13.7.